The minimum atomic E-state index is -4.81. The molecule has 0 aromatic heterocycles. The topological polar surface area (TPSA) is 37.3 Å². The number of benzene rings is 1. The Hall–Kier alpha value is -1.36. The largest absolute Gasteiger partial charge is 0.421 e. The third-order valence-electron chi connectivity index (χ3n) is 2.16. The maximum atomic E-state index is 12.5. The molecule has 82 valence electrons. The normalized spacial score (nSPS) is 15.8. The second-order valence-corrected chi connectivity index (χ2v) is 3.28. The van der Waals surface area contributed by atoms with Crippen molar-refractivity contribution in [1.29, 1.82) is 0 Å². The van der Waals surface area contributed by atoms with Crippen LogP contribution in [0.5, 0.6) is 0 Å². The van der Waals surface area contributed by atoms with Crippen LogP contribution in [-0.4, -0.2) is 17.6 Å². The van der Waals surface area contributed by atoms with Crippen LogP contribution in [0.2, 0.25) is 0 Å². The highest BCUT2D eigenvalue weighted by Crippen LogP contribution is 2.39. The lowest BCUT2D eigenvalue weighted by Crippen LogP contribution is -2.40. The molecule has 15 heavy (non-hydrogen) atoms. The molecule has 1 atom stereocenters. The van der Waals surface area contributed by atoms with E-state index >= 15 is 0 Å². The molecule has 0 saturated carbocycles. The Morgan fingerprint density at radius 1 is 1.27 bits per heavy atom. The quantitative estimate of drug-likeness (QED) is 0.773. The number of hydrogen-bond donors (Lipinski definition) is 1. The molecule has 0 amide bonds. The monoisotopic (exact) mass is 218 g/mol. The third kappa shape index (κ3) is 2.02. The maximum absolute atomic E-state index is 12.5. The fourth-order valence-electron chi connectivity index (χ4n) is 1.20. The number of carbonyl (C=O) groups is 1. The molecule has 1 N–H and O–H groups in total. The Balaban J connectivity index is 3.32. The van der Waals surface area contributed by atoms with Crippen molar-refractivity contribution in [3.63, 3.8) is 0 Å². The van der Waals surface area contributed by atoms with Crippen molar-refractivity contribution >= 4 is 6.29 Å². The smallest absolute Gasteiger partial charge is 0.376 e. The van der Waals surface area contributed by atoms with Crippen LogP contribution in [0.4, 0.5) is 13.2 Å². The number of aldehydes is 1. The van der Waals surface area contributed by atoms with Crippen molar-refractivity contribution in [3.05, 3.63) is 35.4 Å². The van der Waals surface area contributed by atoms with Gasteiger partial charge in [0.2, 0.25) is 0 Å². The van der Waals surface area contributed by atoms with E-state index in [1.807, 2.05) is 0 Å². The van der Waals surface area contributed by atoms with Gasteiger partial charge in [0.15, 0.2) is 5.60 Å². The van der Waals surface area contributed by atoms with Crippen LogP contribution >= 0.6 is 0 Å². The molecule has 0 aliphatic rings. The molecule has 0 heterocycles. The molecule has 0 saturated heterocycles. The first-order valence-electron chi connectivity index (χ1n) is 4.14. The lowest BCUT2D eigenvalue weighted by molar-refractivity contribution is -0.258. The molecule has 1 aromatic rings. The molecular weight excluding hydrogens is 209 g/mol. The van der Waals surface area contributed by atoms with Crippen molar-refractivity contribution in [2.45, 2.75) is 18.7 Å². The highest BCUT2D eigenvalue weighted by molar-refractivity contribution is 5.77. The zero-order valence-corrected chi connectivity index (χ0v) is 7.88. The summed E-state index contributed by atoms with van der Waals surface area (Å²) in [5, 5.41) is 9.35. The van der Waals surface area contributed by atoms with Crippen LogP contribution in [0.15, 0.2) is 24.3 Å². The fourth-order valence-corrected chi connectivity index (χ4v) is 1.20. The van der Waals surface area contributed by atoms with E-state index < -0.39 is 17.3 Å². The van der Waals surface area contributed by atoms with Gasteiger partial charge in [-0.05, 0) is 6.92 Å². The number of halogens is 3. The van der Waals surface area contributed by atoms with Crippen molar-refractivity contribution in [2.75, 3.05) is 0 Å². The highest BCUT2D eigenvalue weighted by Gasteiger charge is 2.51. The highest BCUT2D eigenvalue weighted by atomic mass is 19.4. The van der Waals surface area contributed by atoms with Crippen LogP contribution in [-0.2, 0) is 5.60 Å². The number of alkyl halides is 3. The van der Waals surface area contributed by atoms with Gasteiger partial charge in [0.05, 0.1) is 0 Å². The minimum Gasteiger partial charge on any atom is -0.376 e. The summed E-state index contributed by atoms with van der Waals surface area (Å²) in [4.78, 5) is 10.5. The summed E-state index contributed by atoms with van der Waals surface area (Å²) >= 11 is 0. The predicted molar refractivity (Wildman–Crippen MR) is 47.5 cm³/mol. The van der Waals surface area contributed by atoms with E-state index in [0.717, 1.165) is 6.07 Å². The van der Waals surface area contributed by atoms with Gasteiger partial charge in [-0.25, -0.2) is 0 Å². The molecule has 0 fully saturated rings. The number of hydrogen-bond acceptors (Lipinski definition) is 2. The van der Waals surface area contributed by atoms with E-state index in [1.54, 1.807) is 0 Å². The Morgan fingerprint density at radius 3 is 2.27 bits per heavy atom. The van der Waals surface area contributed by atoms with Crippen LogP contribution < -0.4 is 0 Å². The van der Waals surface area contributed by atoms with Crippen LogP contribution in [0.25, 0.3) is 0 Å². The van der Waals surface area contributed by atoms with Gasteiger partial charge in [-0.1, -0.05) is 24.3 Å². The van der Waals surface area contributed by atoms with E-state index in [1.165, 1.54) is 18.2 Å². The molecule has 1 rings (SSSR count). The van der Waals surface area contributed by atoms with Gasteiger partial charge >= 0.3 is 6.18 Å². The Morgan fingerprint density at radius 2 is 1.80 bits per heavy atom. The minimum absolute atomic E-state index is 0.167. The molecule has 5 heteroatoms. The molecule has 0 radical (unpaired) electrons. The SMILES string of the molecule is CC(O)(c1ccccc1C=O)C(F)(F)F. The molecule has 0 aliphatic carbocycles. The summed E-state index contributed by atoms with van der Waals surface area (Å²) in [6, 6.07) is 5.07. The van der Waals surface area contributed by atoms with E-state index in [0.29, 0.717) is 6.92 Å². The van der Waals surface area contributed by atoms with Crippen molar-refractivity contribution in [3.8, 4) is 0 Å². The van der Waals surface area contributed by atoms with Gasteiger partial charge in [0, 0.05) is 11.1 Å². The summed E-state index contributed by atoms with van der Waals surface area (Å²) in [6.45, 7) is 0.620. The van der Waals surface area contributed by atoms with E-state index in [4.69, 9.17) is 0 Å². The molecular formula is C10H9F3O2. The van der Waals surface area contributed by atoms with E-state index in [9.17, 15) is 23.1 Å². The Bertz CT molecular complexity index is 369. The van der Waals surface area contributed by atoms with Gasteiger partial charge in [-0.2, -0.15) is 13.2 Å². The summed E-state index contributed by atoms with van der Waals surface area (Å²) in [5.41, 5.74) is -3.61. The lowest BCUT2D eigenvalue weighted by Gasteiger charge is -2.27. The Labute approximate surface area is 84.3 Å². The first-order valence-corrected chi connectivity index (χ1v) is 4.14. The molecule has 0 bridgehead atoms. The first-order chi connectivity index (χ1) is 6.80. The van der Waals surface area contributed by atoms with Gasteiger partial charge in [-0.15, -0.1) is 0 Å². The second kappa shape index (κ2) is 3.66. The lowest BCUT2D eigenvalue weighted by atomic mass is 9.91. The second-order valence-electron chi connectivity index (χ2n) is 3.28. The number of aliphatic hydroxyl groups is 1. The average Bonchev–Trinajstić information content (AvgIpc) is 2.16. The van der Waals surface area contributed by atoms with Crippen molar-refractivity contribution < 1.29 is 23.1 Å². The third-order valence-corrected chi connectivity index (χ3v) is 2.16. The average molecular weight is 218 g/mol. The summed E-state index contributed by atoms with van der Waals surface area (Å²) in [5.74, 6) is 0. The first kappa shape index (κ1) is 11.7. The molecule has 1 aromatic carbocycles. The van der Waals surface area contributed by atoms with Crippen molar-refractivity contribution in [1.82, 2.24) is 0 Å². The standard InChI is InChI=1S/C10H9F3O2/c1-9(15,10(11,12)13)8-5-3-2-4-7(8)6-14/h2-6,15H,1H3. The molecule has 1 unspecified atom stereocenters. The number of carbonyl (C=O) groups excluding carboxylic acids is 1. The van der Waals surface area contributed by atoms with Crippen molar-refractivity contribution in [2.24, 2.45) is 0 Å². The van der Waals surface area contributed by atoms with Crippen LogP contribution in [0.1, 0.15) is 22.8 Å². The van der Waals surface area contributed by atoms with Gasteiger partial charge in [0.25, 0.3) is 0 Å². The summed E-state index contributed by atoms with van der Waals surface area (Å²) in [6.07, 6.45) is -4.53. The molecule has 2 nitrogen and oxygen atoms in total. The zero-order valence-electron chi connectivity index (χ0n) is 7.88. The van der Waals surface area contributed by atoms with Gasteiger partial charge in [-0.3, -0.25) is 4.79 Å². The van der Waals surface area contributed by atoms with Crippen LogP contribution in [0, 0.1) is 0 Å². The van der Waals surface area contributed by atoms with Gasteiger partial charge < -0.3 is 5.11 Å². The molecule has 0 spiro atoms. The predicted octanol–water partition coefficient (Wildman–Crippen LogP) is 2.27. The van der Waals surface area contributed by atoms with E-state index in [2.05, 4.69) is 0 Å². The summed E-state index contributed by atoms with van der Waals surface area (Å²) < 4.78 is 37.4. The Kier molecular flexibility index (Phi) is 2.86. The fraction of sp³-hybridized carbons (Fsp3) is 0.300. The van der Waals surface area contributed by atoms with Gasteiger partial charge in [0.1, 0.15) is 6.29 Å². The number of rotatable bonds is 2. The zero-order chi connectivity index (χ0) is 11.7. The maximum Gasteiger partial charge on any atom is 0.421 e. The van der Waals surface area contributed by atoms with Crippen LogP contribution in [0.3, 0.4) is 0 Å². The summed E-state index contributed by atoms with van der Waals surface area (Å²) in [7, 11) is 0. The molecule has 0 aliphatic heterocycles. The van der Waals surface area contributed by atoms with E-state index in [-0.39, 0.29) is 11.8 Å².